The van der Waals surface area contributed by atoms with E-state index in [1.807, 2.05) is 0 Å². The summed E-state index contributed by atoms with van der Waals surface area (Å²) in [6, 6.07) is 85.9. The Morgan fingerprint density at radius 1 is 0.129 bits per heavy atom. The Morgan fingerprint density at radius 3 is 0.710 bits per heavy atom. The van der Waals surface area contributed by atoms with E-state index in [9.17, 15) is 0 Å². The van der Waals surface area contributed by atoms with Gasteiger partial charge in [-0.3, -0.25) is 0 Å². The highest BCUT2D eigenvalue weighted by atomic mass is 14.2. The van der Waals surface area contributed by atoms with Crippen molar-refractivity contribution in [3.8, 4) is 44.5 Å². The van der Waals surface area contributed by atoms with Gasteiger partial charge in [0.2, 0.25) is 0 Å². The number of hydrogen-bond donors (Lipinski definition) is 0. The van der Waals surface area contributed by atoms with Gasteiger partial charge in [-0.1, -0.05) is 206 Å². The molecule has 0 amide bonds. The molecule has 0 atom stereocenters. The highest BCUT2D eigenvalue weighted by Gasteiger charge is 2.21. The molecule has 0 nitrogen and oxygen atoms in total. The van der Waals surface area contributed by atoms with E-state index in [2.05, 4.69) is 231 Å². The lowest BCUT2D eigenvalue weighted by Crippen LogP contribution is -1.93. The third-order valence-corrected chi connectivity index (χ3v) is 13.4. The van der Waals surface area contributed by atoms with E-state index in [0.29, 0.717) is 0 Å². The molecular formula is C62H38. The van der Waals surface area contributed by atoms with Crippen LogP contribution in [0.2, 0.25) is 0 Å². The van der Waals surface area contributed by atoms with Crippen LogP contribution in [0.1, 0.15) is 0 Å². The maximum atomic E-state index is 2.46. The average molecular weight is 783 g/mol. The van der Waals surface area contributed by atoms with Crippen molar-refractivity contribution in [2.75, 3.05) is 0 Å². The summed E-state index contributed by atoms with van der Waals surface area (Å²) < 4.78 is 0. The molecule has 0 aliphatic heterocycles. The number of benzene rings is 13. The van der Waals surface area contributed by atoms with Gasteiger partial charge in [-0.15, -0.1) is 0 Å². The zero-order valence-corrected chi connectivity index (χ0v) is 33.9. The summed E-state index contributed by atoms with van der Waals surface area (Å²) in [5, 5.41) is 20.4. The van der Waals surface area contributed by atoms with E-state index in [1.54, 1.807) is 0 Å². The first kappa shape index (κ1) is 34.8. The maximum Gasteiger partial charge on any atom is -0.00259 e. The molecule has 0 unspecified atom stereocenters. The highest BCUT2D eigenvalue weighted by Crippen LogP contribution is 2.48. The zero-order chi connectivity index (χ0) is 40.7. The van der Waals surface area contributed by atoms with E-state index in [0.717, 1.165) is 0 Å². The molecule has 62 heavy (non-hydrogen) atoms. The molecule has 0 saturated carbocycles. The summed E-state index contributed by atoms with van der Waals surface area (Å²) in [5.74, 6) is 0. The van der Waals surface area contributed by atoms with Crippen LogP contribution in [0.15, 0.2) is 231 Å². The standard InChI is InChI=1S/C62H38/c1-3-15-39(16-4-1)41-27-33-55-59(35-41)61(43-29-31-53-49-23-9-7-19-45(49)47-21-11-13-25-51(47)57(53)37-43)56-34-28-42(40-17-5-2-6-18-40)36-60(56)62(55)44-30-32-54-50-24-10-8-20-46(50)48-22-12-14-26-52(48)58(54)38-44/h1-38H. The molecule has 286 valence electrons. The van der Waals surface area contributed by atoms with E-state index in [-0.39, 0.29) is 0 Å². The fraction of sp³-hybridized carbons (Fsp3) is 0. The molecule has 13 rings (SSSR count). The Balaban J connectivity index is 1.18. The first-order valence-electron chi connectivity index (χ1n) is 21.6. The van der Waals surface area contributed by atoms with Crippen molar-refractivity contribution in [2.45, 2.75) is 0 Å². The molecule has 0 aliphatic rings. The predicted octanol–water partition coefficient (Wildman–Crippen LogP) is 17.6. The number of hydrogen-bond acceptors (Lipinski definition) is 0. The lowest BCUT2D eigenvalue weighted by atomic mass is 9.82. The summed E-state index contributed by atoms with van der Waals surface area (Å²) in [6.45, 7) is 0. The van der Waals surface area contributed by atoms with E-state index in [1.165, 1.54) is 131 Å². The Labute approximate surface area is 359 Å². The van der Waals surface area contributed by atoms with Gasteiger partial charge in [0.05, 0.1) is 0 Å². The van der Waals surface area contributed by atoms with Crippen LogP contribution in [0.5, 0.6) is 0 Å². The molecule has 0 aromatic heterocycles. The minimum Gasteiger partial charge on any atom is -0.0622 e. The Bertz CT molecular complexity index is 3620. The minimum atomic E-state index is 1.21. The second kappa shape index (κ2) is 13.7. The van der Waals surface area contributed by atoms with Crippen LogP contribution in [-0.4, -0.2) is 0 Å². The van der Waals surface area contributed by atoms with Gasteiger partial charge < -0.3 is 0 Å². The summed E-state index contributed by atoms with van der Waals surface area (Å²) in [7, 11) is 0. The lowest BCUT2D eigenvalue weighted by molar-refractivity contribution is 1.63. The third-order valence-electron chi connectivity index (χ3n) is 13.4. The molecule has 0 saturated heterocycles. The molecule has 13 aromatic carbocycles. The summed E-state index contributed by atoms with van der Waals surface area (Å²) in [6.07, 6.45) is 0. The van der Waals surface area contributed by atoms with E-state index < -0.39 is 0 Å². The molecule has 0 bridgehead atoms. The fourth-order valence-corrected chi connectivity index (χ4v) is 10.6. The van der Waals surface area contributed by atoms with Crippen molar-refractivity contribution >= 4 is 86.2 Å². The van der Waals surface area contributed by atoms with Gasteiger partial charge in [0.25, 0.3) is 0 Å². The molecular weight excluding hydrogens is 745 g/mol. The predicted molar refractivity (Wildman–Crippen MR) is 268 cm³/mol. The van der Waals surface area contributed by atoms with Crippen LogP contribution in [-0.2, 0) is 0 Å². The molecule has 0 fully saturated rings. The van der Waals surface area contributed by atoms with Crippen LogP contribution in [0.3, 0.4) is 0 Å². The SMILES string of the molecule is c1ccc(-c2ccc3c(-c4ccc5c6ccccc6c6ccccc6c5c4)c4cc(-c5ccccc5)ccc4c(-c4ccc5c6ccccc6c6ccccc6c5c4)c3c2)cc1. The van der Waals surface area contributed by atoms with Gasteiger partial charge in [0.1, 0.15) is 0 Å². The van der Waals surface area contributed by atoms with Crippen molar-refractivity contribution in [3.05, 3.63) is 231 Å². The number of rotatable bonds is 4. The van der Waals surface area contributed by atoms with E-state index in [4.69, 9.17) is 0 Å². The molecule has 0 radical (unpaired) electrons. The molecule has 0 heterocycles. The van der Waals surface area contributed by atoms with Gasteiger partial charge in [-0.05, 0) is 155 Å². The Kier molecular flexibility index (Phi) is 7.71. The summed E-state index contributed by atoms with van der Waals surface area (Å²) in [5.41, 5.74) is 9.78. The van der Waals surface area contributed by atoms with E-state index >= 15 is 0 Å². The third kappa shape index (κ3) is 5.27. The first-order chi connectivity index (χ1) is 30.8. The van der Waals surface area contributed by atoms with Crippen molar-refractivity contribution in [1.82, 2.24) is 0 Å². The van der Waals surface area contributed by atoms with Crippen molar-refractivity contribution in [1.29, 1.82) is 0 Å². The quantitative estimate of drug-likeness (QED) is 0.123. The average Bonchev–Trinajstić information content (AvgIpc) is 3.35. The Morgan fingerprint density at radius 2 is 0.371 bits per heavy atom. The Hall–Kier alpha value is -8.06. The molecule has 0 heteroatoms. The largest absolute Gasteiger partial charge is 0.0622 e. The fourth-order valence-electron chi connectivity index (χ4n) is 10.6. The van der Waals surface area contributed by atoms with Gasteiger partial charge >= 0.3 is 0 Å². The molecule has 13 aromatic rings. The van der Waals surface area contributed by atoms with Crippen LogP contribution in [0.25, 0.3) is 131 Å². The van der Waals surface area contributed by atoms with Crippen molar-refractivity contribution < 1.29 is 0 Å². The van der Waals surface area contributed by atoms with Gasteiger partial charge in [0.15, 0.2) is 0 Å². The maximum absolute atomic E-state index is 2.46. The first-order valence-corrected chi connectivity index (χ1v) is 21.6. The molecule has 0 aliphatic carbocycles. The highest BCUT2D eigenvalue weighted by molar-refractivity contribution is 6.29. The van der Waals surface area contributed by atoms with Crippen molar-refractivity contribution in [3.63, 3.8) is 0 Å². The zero-order valence-electron chi connectivity index (χ0n) is 33.9. The second-order valence-corrected chi connectivity index (χ2v) is 16.7. The smallest absolute Gasteiger partial charge is 0.00259 e. The monoisotopic (exact) mass is 782 g/mol. The lowest BCUT2D eigenvalue weighted by Gasteiger charge is -2.21. The molecule has 0 N–H and O–H groups in total. The second-order valence-electron chi connectivity index (χ2n) is 16.7. The summed E-state index contributed by atoms with van der Waals surface area (Å²) in [4.78, 5) is 0. The molecule has 0 spiro atoms. The van der Waals surface area contributed by atoms with Gasteiger partial charge in [0, 0.05) is 0 Å². The van der Waals surface area contributed by atoms with Crippen LogP contribution < -0.4 is 0 Å². The van der Waals surface area contributed by atoms with Crippen LogP contribution in [0, 0.1) is 0 Å². The van der Waals surface area contributed by atoms with Crippen molar-refractivity contribution in [2.24, 2.45) is 0 Å². The van der Waals surface area contributed by atoms with Gasteiger partial charge in [-0.2, -0.15) is 0 Å². The summed E-state index contributed by atoms with van der Waals surface area (Å²) >= 11 is 0. The normalized spacial score (nSPS) is 11.9. The van der Waals surface area contributed by atoms with Gasteiger partial charge in [-0.25, -0.2) is 0 Å². The topological polar surface area (TPSA) is 0 Å². The number of fused-ring (bicyclic) bond motifs is 14. The van der Waals surface area contributed by atoms with Crippen LogP contribution >= 0.6 is 0 Å². The van der Waals surface area contributed by atoms with Crippen LogP contribution in [0.4, 0.5) is 0 Å². The minimum absolute atomic E-state index is 1.21.